The Morgan fingerprint density at radius 3 is 2.89 bits per heavy atom. The number of fused-ring (bicyclic) bond motifs is 1. The molecule has 7 nitrogen and oxygen atoms in total. The van der Waals surface area contributed by atoms with Gasteiger partial charge in [-0.1, -0.05) is 19.1 Å². The van der Waals surface area contributed by atoms with Crippen molar-refractivity contribution in [1.29, 1.82) is 0 Å². The SMILES string of the molecule is CC[C@@H]1NC(=O)[C@@H]2C[C@H](NCc3cccc(OCCN(C)C)c3)CN2C1=O. The number of hydrogen-bond donors (Lipinski definition) is 2. The maximum atomic E-state index is 12.5. The molecule has 0 radical (unpaired) electrons. The fraction of sp³-hybridized carbons (Fsp3) is 0.600. The van der Waals surface area contributed by atoms with E-state index in [4.69, 9.17) is 4.74 Å². The molecule has 2 saturated heterocycles. The summed E-state index contributed by atoms with van der Waals surface area (Å²) in [6.45, 7) is 4.72. The molecule has 3 rings (SSSR count). The van der Waals surface area contributed by atoms with Gasteiger partial charge in [0.05, 0.1) is 0 Å². The fourth-order valence-electron chi connectivity index (χ4n) is 3.64. The molecule has 0 spiro atoms. The molecule has 0 saturated carbocycles. The van der Waals surface area contributed by atoms with E-state index in [-0.39, 0.29) is 29.9 Å². The number of piperazine rings is 1. The number of benzene rings is 1. The zero-order valence-corrected chi connectivity index (χ0v) is 16.4. The Hall–Kier alpha value is -2.12. The molecular formula is C20H30N4O3. The number of carbonyl (C=O) groups excluding carboxylic acids is 2. The molecule has 1 aromatic rings. The Kier molecular flexibility index (Phi) is 6.34. The van der Waals surface area contributed by atoms with Gasteiger partial charge >= 0.3 is 0 Å². The predicted octanol–water partition coefficient (Wildman–Crippen LogP) is 0.595. The average molecular weight is 374 g/mol. The summed E-state index contributed by atoms with van der Waals surface area (Å²) in [6, 6.07) is 7.46. The maximum Gasteiger partial charge on any atom is 0.245 e. The van der Waals surface area contributed by atoms with Crippen LogP contribution in [-0.4, -0.2) is 73.5 Å². The number of amides is 2. The molecule has 2 heterocycles. The highest BCUT2D eigenvalue weighted by Gasteiger charge is 2.45. The number of ether oxygens (including phenoxy) is 1. The summed E-state index contributed by atoms with van der Waals surface area (Å²) < 4.78 is 5.78. The van der Waals surface area contributed by atoms with E-state index in [2.05, 4.69) is 21.6 Å². The van der Waals surface area contributed by atoms with Crippen LogP contribution in [-0.2, 0) is 16.1 Å². The lowest BCUT2D eigenvalue weighted by Crippen LogP contribution is -2.60. The Labute approximate surface area is 161 Å². The van der Waals surface area contributed by atoms with Crippen LogP contribution in [0.4, 0.5) is 0 Å². The largest absolute Gasteiger partial charge is 0.492 e. The lowest BCUT2D eigenvalue weighted by molar-refractivity contribution is -0.147. The van der Waals surface area contributed by atoms with Crippen molar-refractivity contribution >= 4 is 11.8 Å². The molecule has 0 unspecified atom stereocenters. The summed E-state index contributed by atoms with van der Waals surface area (Å²) in [5, 5.41) is 6.33. The van der Waals surface area contributed by atoms with Crippen LogP contribution in [0.15, 0.2) is 24.3 Å². The van der Waals surface area contributed by atoms with Gasteiger partial charge in [0.15, 0.2) is 0 Å². The summed E-state index contributed by atoms with van der Waals surface area (Å²) in [7, 11) is 4.04. The molecule has 3 atom stereocenters. The molecule has 0 aromatic heterocycles. The summed E-state index contributed by atoms with van der Waals surface area (Å²) >= 11 is 0. The van der Waals surface area contributed by atoms with Gasteiger partial charge in [0, 0.05) is 25.7 Å². The van der Waals surface area contributed by atoms with Gasteiger partial charge in [0.25, 0.3) is 0 Å². The lowest BCUT2D eigenvalue weighted by Gasteiger charge is -2.33. The van der Waals surface area contributed by atoms with Gasteiger partial charge in [-0.2, -0.15) is 0 Å². The standard InChI is InChI=1S/C20H30N4O3/c1-4-17-20(26)24-13-15(11-18(24)19(25)22-17)21-12-14-6-5-7-16(10-14)27-9-8-23(2)3/h5-7,10,15,17-18,21H,4,8-9,11-13H2,1-3H3,(H,22,25)/t15-,17-,18-/m0/s1. The molecule has 27 heavy (non-hydrogen) atoms. The third-order valence-corrected chi connectivity index (χ3v) is 5.21. The van der Waals surface area contributed by atoms with Crippen molar-refractivity contribution in [1.82, 2.24) is 20.4 Å². The topological polar surface area (TPSA) is 73.9 Å². The first-order valence-electron chi connectivity index (χ1n) is 9.68. The average Bonchev–Trinajstić information content (AvgIpc) is 3.08. The van der Waals surface area contributed by atoms with Crippen LogP contribution < -0.4 is 15.4 Å². The molecule has 2 aliphatic heterocycles. The van der Waals surface area contributed by atoms with Crippen LogP contribution in [0.25, 0.3) is 0 Å². The van der Waals surface area contributed by atoms with Crippen molar-refractivity contribution in [2.24, 2.45) is 0 Å². The number of hydrogen-bond acceptors (Lipinski definition) is 5. The normalized spacial score (nSPS) is 24.9. The van der Waals surface area contributed by atoms with E-state index in [0.717, 1.165) is 17.9 Å². The van der Waals surface area contributed by atoms with Crippen LogP contribution in [0.2, 0.25) is 0 Å². The van der Waals surface area contributed by atoms with E-state index in [0.29, 0.717) is 32.5 Å². The molecule has 2 amide bonds. The molecule has 2 fully saturated rings. The van der Waals surface area contributed by atoms with Crippen LogP contribution >= 0.6 is 0 Å². The number of likely N-dealkylation sites (N-methyl/N-ethyl adjacent to an activating group) is 1. The van der Waals surface area contributed by atoms with Crippen molar-refractivity contribution in [3.8, 4) is 5.75 Å². The number of rotatable bonds is 8. The highest BCUT2D eigenvalue weighted by molar-refractivity contribution is 5.97. The first-order chi connectivity index (χ1) is 13.0. The van der Waals surface area contributed by atoms with Gasteiger partial charge < -0.3 is 25.2 Å². The zero-order valence-electron chi connectivity index (χ0n) is 16.4. The third-order valence-electron chi connectivity index (χ3n) is 5.21. The van der Waals surface area contributed by atoms with Crippen molar-refractivity contribution < 1.29 is 14.3 Å². The molecule has 2 N–H and O–H groups in total. The zero-order chi connectivity index (χ0) is 19.4. The number of nitrogens with zero attached hydrogens (tertiary/aromatic N) is 2. The Morgan fingerprint density at radius 2 is 2.15 bits per heavy atom. The van der Waals surface area contributed by atoms with Gasteiger partial charge in [-0.25, -0.2) is 0 Å². The Bertz CT molecular complexity index is 679. The highest BCUT2D eigenvalue weighted by atomic mass is 16.5. The van der Waals surface area contributed by atoms with Gasteiger partial charge in [0.1, 0.15) is 24.4 Å². The second kappa shape index (κ2) is 8.71. The quantitative estimate of drug-likeness (QED) is 0.697. The van der Waals surface area contributed by atoms with Crippen molar-refractivity contribution in [2.75, 3.05) is 33.8 Å². The minimum Gasteiger partial charge on any atom is -0.492 e. The van der Waals surface area contributed by atoms with E-state index < -0.39 is 0 Å². The van der Waals surface area contributed by atoms with Crippen LogP contribution in [0.1, 0.15) is 25.3 Å². The lowest BCUT2D eigenvalue weighted by atomic mass is 10.1. The number of carbonyl (C=O) groups is 2. The highest BCUT2D eigenvalue weighted by Crippen LogP contribution is 2.24. The molecule has 0 aliphatic carbocycles. The predicted molar refractivity (Wildman–Crippen MR) is 103 cm³/mol. The van der Waals surface area contributed by atoms with E-state index in [1.54, 1.807) is 4.90 Å². The molecule has 1 aromatic carbocycles. The minimum atomic E-state index is -0.372. The third kappa shape index (κ3) is 4.78. The summed E-state index contributed by atoms with van der Waals surface area (Å²) in [4.78, 5) is 28.5. The van der Waals surface area contributed by atoms with Crippen molar-refractivity contribution in [2.45, 2.75) is 44.4 Å². The van der Waals surface area contributed by atoms with Gasteiger partial charge in [-0.3, -0.25) is 9.59 Å². The second-order valence-electron chi connectivity index (χ2n) is 7.59. The Morgan fingerprint density at radius 1 is 1.33 bits per heavy atom. The molecule has 148 valence electrons. The van der Waals surface area contributed by atoms with Gasteiger partial charge in [0.2, 0.25) is 11.8 Å². The van der Waals surface area contributed by atoms with Gasteiger partial charge in [-0.15, -0.1) is 0 Å². The fourth-order valence-corrected chi connectivity index (χ4v) is 3.64. The minimum absolute atomic E-state index is 0.0259. The first kappa shape index (κ1) is 19.6. The summed E-state index contributed by atoms with van der Waals surface area (Å²) in [6.07, 6.45) is 1.29. The van der Waals surface area contributed by atoms with Crippen LogP contribution in [0.5, 0.6) is 5.75 Å². The Balaban J connectivity index is 1.52. The maximum absolute atomic E-state index is 12.5. The van der Waals surface area contributed by atoms with Crippen molar-refractivity contribution in [3.63, 3.8) is 0 Å². The van der Waals surface area contributed by atoms with E-state index in [1.807, 2.05) is 39.2 Å². The second-order valence-corrected chi connectivity index (χ2v) is 7.59. The van der Waals surface area contributed by atoms with Gasteiger partial charge in [-0.05, 0) is 44.6 Å². The molecule has 7 heteroatoms. The molecular weight excluding hydrogens is 344 g/mol. The van der Waals surface area contributed by atoms with E-state index in [1.165, 1.54) is 0 Å². The van der Waals surface area contributed by atoms with E-state index in [9.17, 15) is 9.59 Å². The molecule has 2 aliphatic rings. The van der Waals surface area contributed by atoms with Crippen LogP contribution in [0.3, 0.4) is 0 Å². The monoisotopic (exact) mass is 374 g/mol. The smallest absolute Gasteiger partial charge is 0.245 e. The van der Waals surface area contributed by atoms with E-state index >= 15 is 0 Å². The van der Waals surface area contributed by atoms with Crippen molar-refractivity contribution in [3.05, 3.63) is 29.8 Å². The number of nitrogens with one attached hydrogen (secondary N) is 2. The van der Waals surface area contributed by atoms with Crippen LogP contribution in [0, 0.1) is 0 Å². The molecule has 0 bridgehead atoms. The summed E-state index contributed by atoms with van der Waals surface area (Å²) in [5.41, 5.74) is 1.13. The first-order valence-corrected chi connectivity index (χ1v) is 9.68. The summed E-state index contributed by atoms with van der Waals surface area (Å²) in [5.74, 6) is 0.880.